The van der Waals surface area contributed by atoms with Crippen LogP contribution in [0.15, 0.2) is 77.4 Å². The second-order valence-electron chi connectivity index (χ2n) is 5.60. The minimum atomic E-state index is -0.336. The number of amides is 2. The maximum absolute atomic E-state index is 12.0. The summed E-state index contributed by atoms with van der Waals surface area (Å²) in [4.78, 5) is 23.8. The molecule has 3 N–H and O–H groups in total. The molecule has 0 unspecified atom stereocenters. The van der Waals surface area contributed by atoms with Crippen LogP contribution in [-0.4, -0.2) is 18.4 Å². The molecule has 0 saturated carbocycles. The van der Waals surface area contributed by atoms with Crippen molar-refractivity contribution in [2.75, 3.05) is 17.2 Å². The lowest BCUT2D eigenvalue weighted by atomic mass is 10.2. The Bertz CT molecular complexity index is 861. The van der Waals surface area contributed by atoms with Crippen LogP contribution in [0.5, 0.6) is 0 Å². The number of benzene rings is 2. The van der Waals surface area contributed by atoms with Gasteiger partial charge in [0.25, 0.3) is 5.91 Å². The topological polar surface area (TPSA) is 83.4 Å². The minimum Gasteiger partial charge on any atom is -0.459 e. The summed E-state index contributed by atoms with van der Waals surface area (Å²) in [5.41, 5.74) is 2.53. The van der Waals surface area contributed by atoms with Gasteiger partial charge in [0.1, 0.15) is 0 Å². The number of nitrogens with one attached hydrogen (secondary N) is 3. The summed E-state index contributed by atoms with van der Waals surface area (Å²) in [6.45, 7) is 0.229. The van der Waals surface area contributed by atoms with Crippen LogP contribution in [-0.2, 0) is 4.79 Å². The number of hydrogen-bond acceptors (Lipinski definition) is 4. The molecule has 6 heteroatoms. The number of hydrogen-bond donors (Lipinski definition) is 3. The Morgan fingerprint density at radius 1 is 0.846 bits per heavy atom. The van der Waals surface area contributed by atoms with Crippen LogP contribution in [0.2, 0.25) is 0 Å². The standard InChI is InChI=1S/C20H19N3O3/c24-19(11-12-21-20(25)18-10-5-13-26-18)23-17-9-4-8-16(14-17)22-15-6-2-1-3-7-15/h1-10,13-14,22H,11-12H2,(H,21,25)(H,23,24). The van der Waals surface area contributed by atoms with Crippen molar-refractivity contribution < 1.29 is 14.0 Å². The lowest BCUT2D eigenvalue weighted by Crippen LogP contribution is -2.27. The van der Waals surface area contributed by atoms with E-state index in [1.54, 1.807) is 12.1 Å². The van der Waals surface area contributed by atoms with Gasteiger partial charge in [-0.2, -0.15) is 0 Å². The third-order valence-electron chi connectivity index (χ3n) is 3.59. The highest BCUT2D eigenvalue weighted by Gasteiger charge is 2.09. The van der Waals surface area contributed by atoms with Crippen molar-refractivity contribution in [3.8, 4) is 0 Å². The van der Waals surface area contributed by atoms with Crippen molar-refractivity contribution in [3.05, 3.63) is 78.8 Å². The predicted molar refractivity (Wildman–Crippen MR) is 100 cm³/mol. The van der Waals surface area contributed by atoms with E-state index in [4.69, 9.17) is 4.42 Å². The molecule has 3 aromatic rings. The van der Waals surface area contributed by atoms with Gasteiger partial charge in [0, 0.05) is 30.0 Å². The Balaban J connectivity index is 1.48. The molecule has 0 radical (unpaired) electrons. The summed E-state index contributed by atoms with van der Waals surface area (Å²) >= 11 is 0. The van der Waals surface area contributed by atoms with Crippen LogP contribution in [0.25, 0.3) is 0 Å². The first kappa shape index (κ1) is 17.3. The monoisotopic (exact) mass is 349 g/mol. The number of furan rings is 1. The Kier molecular flexibility index (Phi) is 5.67. The number of rotatable bonds is 7. The van der Waals surface area contributed by atoms with Crippen molar-refractivity contribution in [2.45, 2.75) is 6.42 Å². The molecular formula is C20H19N3O3. The van der Waals surface area contributed by atoms with Gasteiger partial charge in [0.2, 0.25) is 5.91 Å². The Morgan fingerprint density at radius 3 is 2.38 bits per heavy atom. The molecule has 2 aromatic carbocycles. The highest BCUT2D eigenvalue weighted by Crippen LogP contribution is 2.19. The fraction of sp³-hybridized carbons (Fsp3) is 0.100. The van der Waals surface area contributed by atoms with E-state index in [1.165, 1.54) is 6.26 Å². The molecule has 132 valence electrons. The Morgan fingerprint density at radius 2 is 1.62 bits per heavy atom. The maximum Gasteiger partial charge on any atom is 0.286 e. The molecule has 0 fully saturated rings. The summed E-state index contributed by atoms with van der Waals surface area (Å²) in [6, 6.07) is 20.4. The van der Waals surface area contributed by atoms with Crippen molar-refractivity contribution >= 4 is 28.9 Å². The van der Waals surface area contributed by atoms with Gasteiger partial charge in [-0.3, -0.25) is 9.59 Å². The fourth-order valence-electron chi connectivity index (χ4n) is 2.37. The normalized spacial score (nSPS) is 10.2. The third-order valence-corrected chi connectivity index (χ3v) is 3.59. The third kappa shape index (κ3) is 4.98. The van der Waals surface area contributed by atoms with Crippen LogP contribution in [0.3, 0.4) is 0 Å². The molecule has 0 aliphatic rings. The summed E-state index contributed by atoms with van der Waals surface area (Å²) in [7, 11) is 0. The second kappa shape index (κ2) is 8.53. The van der Waals surface area contributed by atoms with Crippen molar-refractivity contribution in [1.82, 2.24) is 5.32 Å². The molecule has 1 heterocycles. The summed E-state index contributed by atoms with van der Waals surface area (Å²) in [5.74, 6) is -0.288. The van der Waals surface area contributed by atoms with Crippen molar-refractivity contribution in [2.24, 2.45) is 0 Å². The largest absolute Gasteiger partial charge is 0.459 e. The number of carbonyl (C=O) groups excluding carboxylic acids is 2. The van der Waals surface area contributed by atoms with Gasteiger partial charge in [-0.25, -0.2) is 0 Å². The first-order chi connectivity index (χ1) is 12.7. The van der Waals surface area contributed by atoms with E-state index < -0.39 is 0 Å². The average molecular weight is 349 g/mol. The quantitative estimate of drug-likeness (QED) is 0.606. The molecule has 2 amide bonds. The first-order valence-electron chi connectivity index (χ1n) is 8.24. The SMILES string of the molecule is O=C(CCNC(=O)c1ccco1)Nc1cccc(Nc2ccccc2)c1. The molecule has 0 aliphatic heterocycles. The number of anilines is 3. The van der Waals surface area contributed by atoms with E-state index in [0.29, 0.717) is 5.69 Å². The van der Waals surface area contributed by atoms with Crippen molar-refractivity contribution in [3.63, 3.8) is 0 Å². The molecule has 0 saturated heterocycles. The van der Waals surface area contributed by atoms with Gasteiger partial charge in [0.05, 0.1) is 6.26 Å². The highest BCUT2D eigenvalue weighted by atomic mass is 16.3. The zero-order chi connectivity index (χ0) is 18.2. The zero-order valence-electron chi connectivity index (χ0n) is 14.1. The van der Waals surface area contributed by atoms with Crippen LogP contribution in [0, 0.1) is 0 Å². The summed E-state index contributed by atoms with van der Waals surface area (Å²) in [5, 5.41) is 8.74. The molecule has 3 rings (SSSR count). The molecule has 0 spiro atoms. The highest BCUT2D eigenvalue weighted by molar-refractivity contribution is 5.93. The van der Waals surface area contributed by atoms with Gasteiger partial charge in [-0.1, -0.05) is 24.3 Å². The maximum atomic E-state index is 12.0. The first-order valence-corrected chi connectivity index (χ1v) is 8.24. The predicted octanol–water partition coefficient (Wildman–Crippen LogP) is 3.78. The number of carbonyl (C=O) groups is 2. The Hall–Kier alpha value is -3.54. The van der Waals surface area contributed by atoms with E-state index in [1.807, 2.05) is 54.6 Å². The lowest BCUT2D eigenvalue weighted by molar-refractivity contribution is -0.116. The lowest BCUT2D eigenvalue weighted by Gasteiger charge is -2.10. The molecule has 1 aromatic heterocycles. The average Bonchev–Trinajstić information content (AvgIpc) is 3.17. The summed E-state index contributed by atoms with van der Waals surface area (Å²) in [6.07, 6.45) is 1.60. The fourth-order valence-corrected chi connectivity index (χ4v) is 2.37. The van der Waals surface area contributed by atoms with Crippen LogP contribution in [0.4, 0.5) is 17.1 Å². The van der Waals surface area contributed by atoms with E-state index in [9.17, 15) is 9.59 Å². The zero-order valence-corrected chi connectivity index (χ0v) is 14.1. The summed E-state index contributed by atoms with van der Waals surface area (Å²) < 4.78 is 4.99. The molecule has 0 aliphatic carbocycles. The molecule has 26 heavy (non-hydrogen) atoms. The van der Waals surface area contributed by atoms with Crippen LogP contribution < -0.4 is 16.0 Å². The number of para-hydroxylation sites is 1. The van der Waals surface area contributed by atoms with Crippen LogP contribution in [0.1, 0.15) is 17.0 Å². The van der Waals surface area contributed by atoms with Gasteiger partial charge in [-0.15, -0.1) is 0 Å². The molecule has 6 nitrogen and oxygen atoms in total. The molecule has 0 bridgehead atoms. The molecule has 0 atom stereocenters. The minimum absolute atomic E-state index is 0.169. The van der Waals surface area contributed by atoms with E-state index >= 15 is 0 Å². The molecular weight excluding hydrogens is 330 g/mol. The van der Waals surface area contributed by atoms with Gasteiger partial charge in [-0.05, 0) is 42.5 Å². The smallest absolute Gasteiger partial charge is 0.286 e. The van der Waals surface area contributed by atoms with E-state index in [2.05, 4.69) is 16.0 Å². The van der Waals surface area contributed by atoms with Gasteiger partial charge >= 0.3 is 0 Å². The van der Waals surface area contributed by atoms with Gasteiger partial charge in [0.15, 0.2) is 5.76 Å². The second-order valence-corrected chi connectivity index (χ2v) is 5.60. The van der Waals surface area contributed by atoms with Gasteiger partial charge < -0.3 is 20.4 Å². The van der Waals surface area contributed by atoms with E-state index in [-0.39, 0.29) is 30.5 Å². The Labute approximate surface area is 151 Å². The van der Waals surface area contributed by atoms with Crippen LogP contribution >= 0.6 is 0 Å². The van der Waals surface area contributed by atoms with E-state index in [0.717, 1.165) is 11.4 Å². The van der Waals surface area contributed by atoms with Crippen molar-refractivity contribution in [1.29, 1.82) is 0 Å².